The summed E-state index contributed by atoms with van der Waals surface area (Å²) in [6, 6.07) is 3.19. The van der Waals surface area contributed by atoms with Gasteiger partial charge in [-0.2, -0.15) is 0 Å². The molecule has 0 aromatic carbocycles. The van der Waals surface area contributed by atoms with E-state index in [-0.39, 0.29) is 29.1 Å². The van der Waals surface area contributed by atoms with Gasteiger partial charge in [0.25, 0.3) is 5.91 Å². The van der Waals surface area contributed by atoms with Crippen LogP contribution in [0.3, 0.4) is 0 Å². The van der Waals surface area contributed by atoms with Crippen LogP contribution >= 0.6 is 15.9 Å². The van der Waals surface area contributed by atoms with E-state index in [9.17, 15) is 13.2 Å². The topological polar surface area (TPSA) is 76.4 Å². The predicted molar refractivity (Wildman–Crippen MR) is 65.5 cm³/mol. The van der Waals surface area contributed by atoms with E-state index in [1.54, 1.807) is 12.1 Å². The molecule has 7 heteroatoms. The molecule has 1 aromatic rings. The molecule has 1 amide bonds. The molecule has 94 valence electrons. The summed E-state index contributed by atoms with van der Waals surface area (Å²) >= 11 is 3.11. The number of rotatable bonds is 3. The fraction of sp³-hybridized carbons (Fsp3) is 0.500. The van der Waals surface area contributed by atoms with E-state index < -0.39 is 9.84 Å². The molecule has 0 radical (unpaired) electrons. The van der Waals surface area contributed by atoms with Gasteiger partial charge in [-0.25, -0.2) is 8.42 Å². The Kier molecular flexibility index (Phi) is 3.58. The SMILES string of the molecule is O=C(NC[C@H]1CCS(=O)(=O)C1)c1ccc(Br)o1. The van der Waals surface area contributed by atoms with Crippen molar-refractivity contribution in [3.05, 3.63) is 22.6 Å². The van der Waals surface area contributed by atoms with Crippen LogP contribution in [0.2, 0.25) is 0 Å². The van der Waals surface area contributed by atoms with E-state index in [0.717, 1.165) is 0 Å². The average molecular weight is 322 g/mol. The van der Waals surface area contributed by atoms with Crippen molar-refractivity contribution in [2.75, 3.05) is 18.1 Å². The van der Waals surface area contributed by atoms with Crippen LogP contribution in [0, 0.1) is 5.92 Å². The van der Waals surface area contributed by atoms with Gasteiger partial charge < -0.3 is 9.73 Å². The molecule has 1 aliphatic rings. The molecule has 0 unspecified atom stereocenters. The number of carbonyl (C=O) groups excluding carboxylic acids is 1. The number of carbonyl (C=O) groups is 1. The third-order valence-electron chi connectivity index (χ3n) is 2.68. The fourth-order valence-electron chi connectivity index (χ4n) is 1.79. The highest BCUT2D eigenvalue weighted by molar-refractivity contribution is 9.10. The van der Waals surface area contributed by atoms with Crippen LogP contribution in [0.5, 0.6) is 0 Å². The minimum Gasteiger partial charge on any atom is -0.444 e. The van der Waals surface area contributed by atoms with Crippen LogP contribution in [-0.4, -0.2) is 32.4 Å². The molecule has 1 saturated heterocycles. The number of hydrogen-bond acceptors (Lipinski definition) is 4. The molecule has 1 N–H and O–H groups in total. The van der Waals surface area contributed by atoms with E-state index >= 15 is 0 Å². The molecule has 1 aliphatic heterocycles. The van der Waals surface area contributed by atoms with Gasteiger partial charge in [0.1, 0.15) is 0 Å². The summed E-state index contributed by atoms with van der Waals surface area (Å²) in [5, 5.41) is 2.67. The number of hydrogen-bond donors (Lipinski definition) is 1. The Morgan fingerprint density at radius 1 is 1.53 bits per heavy atom. The normalized spacial score (nSPS) is 22.5. The molecule has 0 spiro atoms. The van der Waals surface area contributed by atoms with Crippen LogP contribution in [0.15, 0.2) is 21.2 Å². The molecular formula is C10H12BrNO4S. The maximum absolute atomic E-state index is 11.6. The van der Waals surface area contributed by atoms with Crippen LogP contribution < -0.4 is 5.32 Å². The van der Waals surface area contributed by atoms with Crippen molar-refractivity contribution in [1.29, 1.82) is 0 Å². The largest absolute Gasteiger partial charge is 0.444 e. The van der Waals surface area contributed by atoms with Crippen molar-refractivity contribution >= 4 is 31.7 Å². The summed E-state index contributed by atoms with van der Waals surface area (Å²) in [6.45, 7) is 0.371. The van der Waals surface area contributed by atoms with Crippen molar-refractivity contribution in [3.8, 4) is 0 Å². The number of amides is 1. The molecule has 2 heterocycles. The lowest BCUT2D eigenvalue weighted by Gasteiger charge is -2.07. The molecule has 0 bridgehead atoms. The highest BCUT2D eigenvalue weighted by Gasteiger charge is 2.28. The second-order valence-corrected chi connectivity index (χ2v) is 7.09. The number of furan rings is 1. The third kappa shape index (κ3) is 3.32. The van der Waals surface area contributed by atoms with E-state index in [1.807, 2.05) is 0 Å². The minimum atomic E-state index is -2.89. The summed E-state index contributed by atoms with van der Waals surface area (Å²) in [6.07, 6.45) is 0.616. The maximum atomic E-state index is 11.6. The Morgan fingerprint density at radius 3 is 2.82 bits per heavy atom. The molecule has 1 aromatic heterocycles. The lowest BCUT2D eigenvalue weighted by atomic mass is 10.1. The molecule has 1 atom stereocenters. The minimum absolute atomic E-state index is 0.0161. The second kappa shape index (κ2) is 4.81. The molecule has 0 saturated carbocycles. The zero-order chi connectivity index (χ0) is 12.5. The maximum Gasteiger partial charge on any atom is 0.287 e. The van der Waals surface area contributed by atoms with Crippen LogP contribution in [0.1, 0.15) is 17.0 Å². The van der Waals surface area contributed by atoms with Crippen molar-refractivity contribution in [1.82, 2.24) is 5.32 Å². The van der Waals surface area contributed by atoms with E-state index in [0.29, 0.717) is 17.6 Å². The van der Waals surface area contributed by atoms with Crippen molar-refractivity contribution in [2.45, 2.75) is 6.42 Å². The standard InChI is InChI=1S/C10H12BrNO4S/c11-9-2-1-8(16-9)10(13)12-5-7-3-4-17(14,15)6-7/h1-2,7H,3-6H2,(H,12,13)/t7-/m1/s1. The van der Waals surface area contributed by atoms with Gasteiger partial charge >= 0.3 is 0 Å². The first-order chi connectivity index (χ1) is 7.96. The summed E-state index contributed by atoms with van der Waals surface area (Å²) in [4.78, 5) is 11.6. The van der Waals surface area contributed by atoms with Crippen molar-refractivity contribution in [2.24, 2.45) is 5.92 Å². The first-order valence-electron chi connectivity index (χ1n) is 5.20. The zero-order valence-corrected chi connectivity index (χ0v) is 11.4. The molecular weight excluding hydrogens is 310 g/mol. The second-order valence-electron chi connectivity index (χ2n) is 4.08. The molecule has 0 aliphatic carbocycles. The first kappa shape index (κ1) is 12.6. The van der Waals surface area contributed by atoms with Crippen LogP contribution in [0.4, 0.5) is 0 Å². The van der Waals surface area contributed by atoms with Gasteiger partial charge in [0.05, 0.1) is 11.5 Å². The Hall–Kier alpha value is -0.820. The molecule has 2 rings (SSSR count). The van der Waals surface area contributed by atoms with Gasteiger partial charge in [0.15, 0.2) is 20.3 Å². The first-order valence-corrected chi connectivity index (χ1v) is 7.82. The van der Waals surface area contributed by atoms with Crippen molar-refractivity contribution in [3.63, 3.8) is 0 Å². The van der Waals surface area contributed by atoms with E-state index in [2.05, 4.69) is 21.2 Å². The molecule has 1 fully saturated rings. The highest BCUT2D eigenvalue weighted by atomic mass is 79.9. The van der Waals surface area contributed by atoms with E-state index in [1.165, 1.54) is 0 Å². The van der Waals surface area contributed by atoms with Crippen LogP contribution in [-0.2, 0) is 9.84 Å². The average Bonchev–Trinajstić information content (AvgIpc) is 2.81. The molecule has 5 nitrogen and oxygen atoms in total. The lowest BCUT2D eigenvalue weighted by molar-refractivity contribution is 0.0919. The zero-order valence-electron chi connectivity index (χ0n) is 8.98. The third-order valence-corrected chi connectivity index (χ3v) is 4.94. The van der Waals surface area contributed by atoms with Gasteiger partial charge in [-0.1, -0.05) is 0 Å². The highest BCUT2D eigenvalue weighted by Crippen LogP contribution is 2.18. The van der Waals surface area contributed by atoms with Gasteiger partial charge in [-0.05, 0) is 40.4 Å². The Morgan fingerprint density at radius 2 is 2.29 bits per heavy atom. The summed E-state index contributed by atoms with van der Waals surface area (Å²) in [5.74, 6) is 0.301. The number of sulfone groups is 1. The molecule has 17 heavy (non-hydrogen) atoms. The van der Waals surface area contributed by atoms with Gasteiger partial charge in [0.2, 0.25) is 0 Å². The van der Waals surface area contributed by atoms with Gasteiger partial charge in [-0.15, -0.1) is 0 Å². The summed E-state index contributed by atoms with van der Waals surface area (Å²) in [7, 11) is -2.89. The summed E-state index contributed by atoms with van der Waals surface area (Å²) < 4.78 is 28.0. The number of nitrogens with one attached hydrogen (secondary N) is 1. The Balaban J connectivity index is 1.85. The smallest absolute Gasteiger partial charge is 0.287 e. The summed E-state index contributed by atoms with van der Waals surface area (Å²) in [5.41, 5.74) is 0. The van der Waals surface area contributed by atoms with Gasteiger partial charge in [0, 0.05) is 6.54 Å². The Bertz CT molecular complexity index is 522. The van der Waals surface area contributed by atoms with Crippen LogP contribution in [0.25, 0.3) is 0 Å². The quantitative estimate of drug-likeness (QED) is 0.907. The predicted octanol–water partition coefficient (Wildman–Crippen LogP) is 1.21. The van der Waals surface area contributed by atoms with Gasteiger partial charge in [-0.3, -0.25) is 4.79 Å². The lowest BCUT2D eigenvalue weighted by Crippen LogP contribution is -2.29. The fourth-order valence-corrected chi connectivity index (χ4v) is 3.96. The van der Waals surface area contributed by atoms with Crippen molar-refractivity contribution < 1.29 is 17.6 Å². The number of halogens is 1. The van der Waals surface area contributed by atoms with E-state index in [4.69, 9.17) is 4.42 Å². The monoisotopic (exact) mass is 321 g/mol. The Labute approximate surface area is 108 Å².